The van der Waals surface area contributed by atoms with Gasteiger partial charge in [0, 0.05) is 15.7 Å². The van der Waals surface area contributed by atoms with E-state index in [4.69, 9.17) is 23.2 Å². The molecule has 0 heterocycles. The van der Waals surface area contributed by atoms with E-state index in [0.717, 1.165) is 12.8 Å². The first-order chi connectivity index (χ1) is 8.60. The van der Waals surface area contributed by atoms with Crippen molar-refractivity contribution in [3.8, 4) is 0 Å². The van der Waals surface area contributed by atoms with Crippen LogP contribution in [0.3, 0.4) is 0 Å². The van der Waals surface area contributed by atoms with Gasteiger partial charge < -0.3 is 0 Å². The Morgan fingerprint density at radius 1 is 1.21 bits per heavy atom. The maximum absolute atomic E-state index is 6.85. The van der Waals surface area contributed by atoms with E-state index in [1.165, 1.54) is 18.4 Å². The van der Waals surface area contributed by atoms with Crippen molar-refractivity contribution in [2.45, 2.75) is 62.5 Å². The Kier molecular flexibility index (Phi) is 3.07. The second-order valence-electron chi connectivity index (χ2n) is 7.78. The van der Waals surface area contributed by atoms with Crippen LogP contribution < -0.4 is 0 Å². The lowest BCUT2D eigenvalue weighted by atomic mass is 9.63. The number of allylic oxidation sites excluding steroid dienone is 2. The SMILES string of the molecule is CC1=C[C@@H]2C(C)(C)CCC[C@@]3(C)C(Cl)(Cl)[C@@]23C[C@@H]1Br. The van der Waals surface area contributed by atoms with Crippen molar-refractivity contribution in [3.63, 3.8) is 0 Å². The molecule has 3 heteroatoms. The molecule has 19 heavy (non-hydrogen) atoms. The molecule has 0 unspecified atom stereocenters. The van der Waals surface area contributed by atoms with Crippen LogP contribution >= 0.6 is 39.1 Å². The summed E-state index contributed by atoms with van der Waals surface area (Å²) in [5, 5.41) is 0. The van der Waals surface area contributed by atoms with E-state index < -0.39 is 4.33 Å². The van der Waals surface area contributed by atoms with Crippen molar-refractivity contribution in [2.24, 2.45) is 22.2 Å². The molecule has 1 spiro atoms. The third-order valence-electron chi connectivity index (χ3n) is 6.47. The zero-order chi connectivity index (χ0) is 14.3. The minimum absolute atomic E-state index is 0.0524. The number of hydrogen-bond donors (Lipinski definition) is 0. The fraction of sp³-hybridized carbons (Fsp3) is 0.875. The summed E-state index contributed by atoms with van der Waals surface area (Å²) >= 11 is 17.5. The Balaban J connectivity index is 2.17. The van der Waals surface area contributed by atoms with Gasteiger partial charge in [0.2, 0.25) is 0 Å². The van der Waals surface area contributed by atoms with Crippen molar-refractivity contribution < 1.29 is 0 Å². The van der Waals surface area contributed by atoms with Crippen LogP contribution in [0.5, 0.6) is 0 Å². The van der Waals surface area contributed by atoms with Gasteiger partial charge in [0.05, 0.1) is 0 Å². The van der Waals surface area contributed by atoms with Crippen LogP contribution in [0.2, 0.25) is 0 Å². The zero-order valence-electron chi connectivity index (χ0n) is 12.2. The molecule has 2 saturated carbocycles. The Morgan fingerprint density at radius 3 is 2.47 bits per heavy atom. The van der Waals surface area contributed by atoms with Crippen LogP contribution in [-0.2, 0) is 0 Å². The molecule has 108 valence electrons. The van der Waals surface area contributed by atoms with E-state index in [0.29, 0.717) is 10.7 Å². The van der Waals surface area contributed by atoms with Gasteiger partial charge in [-0.3, -0.25) is 0 Å². The molecule has 0 N–H and O–H groups in total. The molecule has 0 saturated heterocycles. The highest BCUT2D eigenvalue weighted by Gasteiger charge is 2.87. The first-order valence-corrected chi connectivity index (χ1v) is 8.97. The summed E-state index contributed by atoms with van der Waals surface area (Å²) in [6.07, 6.45) is 7.22. The summed E-state index contributed by atoms with van der Waals surface area (Å²) in [6, 6.07) is 0. The molecular formula is C16H23BrCl2. The fourth-order valence-corrected chi connectivity index (χ4v) is 6.99. The first kappa shape index (κ1) is 14.7. The van der Waals surface area contributed by atoms with Gasteiger partial charge in [0.1, 0.15) is 4.33 Å². The van der Waals surface area contributed by atoms with Crippen molar-refractivity contribution in [1.29, 1.82) is 0 Å². The number of halogens is 3. The molecule has 3 aliphatic rings. The minimum atomic E-state index is -0.564. The molecule has 0 nitrogen and oxygen atoms in total. The van der Waals surface area contributed by atoms with Gasteiger partial charge in [0.25, 0.3) is 0 Å². The van der Waals surface area contributed by atoms with Gasteiger partial charge in [-0.15, -0.1) is 23.2 Å². The Morgan fingerprint density at radius 2 is 1.84 bits per heavy atom. The summed E-state index contributed by atoms with van der Waals surface area (Å²) in [7, 11) is 0. The van der Waals surface area contributed by atoms with Crippen molar-refractivity contribution in [3.05, 3.63) is 11.6 Å². The lowest BCUT2D eigenvalue weighted by molar-refractivity contribution is 0.129. The maximum atomic E-state index is 6.85. The normalized spacial score (nSPS) is 50.6. The molecule has 0 radical (unpaired) electrons. The van der Waals surface area contributed by atoms with E-state index >= 15 is 0 Å². The van der Waals surface area contributed by atoms with E-state index in [-0.39, 0.29) is 16.2 Å². The van der Waals surface area contributed by atoms with Gasteiger partial charge in [-0.1, -0.05) is 54.8 Å². The number of hydrogen-bond acceptors (Lipinski definition) is 0. The van der Waals surface area contributed by atoms with Gasteiger partial charge in [-0.2, -0.15) is 0 Å². The van der Waals surface area contributed by atoms with Crippen molar-refractivity contribution in [1.82, 2.24) is 0 Å². The quantitative estimate of drug-likeness (QED) is 0.359. The molecule has 0 aromatic rings. The summed E-state index contributed by atoms with van der Waals surface area (Å²) in [5.41, 5.74) is 1.86. The summed E-state index contributed by atoms with van der Waals surface area (Å²) in [5.74, 6) is 0.497. The summed E-state index contributed by atoms with van der Waals surface area (Å²) in [6.45, 7) is 9.34. The highest BCUT2D eigenvalue weighted by Crippen LogP contribution is 2.87. The average molecular weight is 366 g/mol. The van der Waals surface area contributed by atoms with E-state index in [1.54, 1.807) is 0 Å². The molecule has 3 aliphatic carbocycles. The van der Waals surface area contributed by atoms with Gasteiger partial charge in [0.15, 0.2) is 0 Å². The number of alkyl halides is 3. The molecule has 3 rings (SSSR count). The highest BCUT2D eigenvalue weighted by molar-refractivity contribution is 9.09. The zero-order valence-corrected chi connectivity index (χ0v) is 15.3. The van der Waals surface area contributed by atoms with Crippen LogP contribution in [0.4, 0.5) is 0 Å². The highest BCUT2D eigenvalue weighted by atomic mass is 79.9. The molecule has 0 bridgehead atoms. The van der Waals surface area contributed by atoms with E-state index in [1.807, 2.05) is 0 Å². The Bertz CT molecular complexity index is 454. The second kappa shape index (κ2) is 3.96. The van der Waals surface area contributed by atoms with Crippen LogP contribution in [0, 0.1) is 22.2 Å². The fourth-order valence-electron chi connectivity index (χ4n) is 5.09. The van der Waals surface area contributed by atoms with Crippen LogP contribution in [0.25, 0.3) is 0 Å². The molecular weight excluding hydrogens is 343 g/mol. The average Bonchev–Trinajstić information content (AvgIpc) is 2.67. The Labute approximate surface area is 135 Å². The monoisotopic (exact) mass is 364 g/mol. The first-order valence-electron chi connectivity index (χ1n) is 7.30. The number of rotatable bonds is 0. The maximum Gasteiger partial charge on any atom is 0.131 e. The summed E-state index contributed by atoms with van der Waals surface area (Å²) in [4.78, 5) is 0.427. The molecule has 0 aromatic carbocycles. The van der Waals surface area contributed by atoms with Gasteiger partial charge in [-0.05, 0) is 37.5 Å². The minimum Gasteiger partial charge on any atom is -0.100 e. The standard InChI is InChI=1S/C16H23BrCl2/c1-10-8-12-13(2,3)6-5-7-14(4)15(12,9-11(10)17)16(14,18)19/h8,11-12H,5-7,9H2,1-4H3/t11-,12+,14+,15-/m0/s1. The lowest BCUT2D eigenvalue weighted by Crippen LogP contribution is -2.38. The molecule has 4 atom stereocenters. The predicted octanol–water partition coefficient (Wildman–Crippen LogP) is 6.11. The molecule has 2 fully saturated rings. The largest absolute Gasteiger partial charge is 0.131 e. The lowest BCUT2D eigenvalue weighted by Gasteiger charge is -2.43. The van der Waals surface area contributed by atoms with Gasteiger partial charge >= 0.3 is 0 Å². The Hall–Kier alpha value is 0.800. The van der Waals surface area contributed by atoms with Crippen LogP contribution in [0.15, 0.2) is 11.6 Å². The van der Waals surface area contributed by atoms with Crippen LogP contribution in [0.1, 0.15) is 53.4 Å². The second-order valence-corrected chi connectivity index (χ2v) is 10.2. The molecule has 0 aliphatic heterocycles. The van der Waals surface area contributed by atoms with E-state index in [9.17, 15) is 0 Å². The molecule has 0 amide bonds. The van der Waals surface area contributed by atoms with Crippen LogP contribution in [-0.4, -0.2) is 9.16 Å². The third-order valence-corrected chi connectivity index (χ3v) is 9.03. The van der Waals surface area contributed by atoms with Gasteiger partial charge in [-0.25, -0.2) is 0 Å². The third kappa shape index (κ3) is 1.53. The van der Waals surface area contributed by atoms with E-state index in [2.05, 4.69) is 49.7 Å². The van der Waals surface area contributed by atoms with Crippen molar-refractivity contribution >= 4 is 39.1 Å². The topological polar surface area (TPSA) is 0 Å². The molecule has 0 aromatic heterocycles. The van der Waals surface area contributed by atoms with Crippen molar-refractivity contribution in [2.75, 3.05) is 0 Å². The predicted molar refractivity (Wildman–Crippen MR) is 87.2 cm³/mol. The summed E-state index contributed by atoms with van der Waals surface area (Å²) < 4.78 is -0.564. The smallest absolute Gasteiger partial charge is 0.100 e.